The van der Waals surface area contributed by atoms with Crippen molar-refractivity contribution in [1.29, 1.82) is 0 Å². The van der Waals surface area contributed by atoms with Crippen LogP contribution in [-0.4, -0.2) is 36.4 Å². The summed E-state index contributed by atoms with van der Waals surface area (Å²) in [6, 6.07) is 24.9. The average Bonchev–Trinajstić information content (AvgIpc) is 2.93. The molecule has 4 rings (SSSR count). The second kappa shape index (κ2) is 12.9. The first-order chi connectivity index (χ1) is 17.7. The van der Waals surface area contributed by atoms with Gasteiger partial charge in [0.2, 0.25) is 6.10 Å². The minimum absolute atomic E-state index is 0.242. The summed E-state index contributed by atoms with van der Waals surface area (Å²) in [6.45, 7) is 3.40. The molecular formula is C30H34N2O4. The quantitative estimate of drug-likeness (QED) is 0.361. The maximum Gasteiger partial charge on any atom is 0.280 e. The monoisotopic (exact) mass is 486 g/mol. The van der Waals surface area contributed by atoms with Crippen molar-refractivity contribution in [3.63, 3.8) is 0 Å². The molecule has 0 aliphatic carbocycles. The van der Waals surface area contributed by atoms with Crippen LogP contribution in [0, 0.1) is 0 Å². The topological polar surface area (TPSA) is 67.9 Å². The van der Waals surface area contributed by atoms with Crippen LogP contribution in [0.2, 0.25) is 0 Å². The van der Waals surface area contributed by atoms with Gasteiger partial charge in [-0.25, -0.2) is 5.01 Å². The minimum Gasteiger partial charge on any atom is -0.489 e. The predicted octanol–water partition coefficient (Wildman–Crippen LogP) is 5.54. The lowest BCUT2D eigenvalue weighted by atomic mass is 10.0. The fraction of sp³-hybridized carbons (Fsp3) is 0.333. The maximum absolute atomic E-state index is 13.6. The Labute approximate surface area is 213 Å². The van der Waals surface area contributed by atoms with Gasteiger partial charge in [0.05, 0.1) is 6.61 Å². The molecule has 0 aromatic heterocycles. The van der Waals surface area contributed by atoms with E-state index in [-0.39, 0.29) is 5.91 Å². The van der Waals surface area contributed by atoms with Gasteiger partial charge in [-0.1, -0.05) is 74.0 Å². The first-order valence-electron chi connectivity index (χ1n) is 12.7. The van der Waals surface area contributed by atoms with Crippen LogP contribution >= 0.6 is 0 Å². The third kappa shape index (κ3) is 6.73. The number of hydrazine groups is 1. The normalized spacial score (nSPS) is 16.6. The smallest absolute Gasteiger partial charge is 0.280 e. The number of hydrogen-bond acceptors (Lipinski definition) is 5. The third-order valence-electron chi connectivity index (χ3n) is 6.53. The molecule has 188 valence electrons. The van der Waals surface area contributed by atoms with E-state index in [9.17, 15) is 9.59 Å². The van der Waals surface area contributed by atoms with Gasteiger partial charge >= 0.3 is 0 Å². The fourth-order valence-corrected chi connectivity index (χ4v) is 4.53. The number of carbonyl (C=O) groups excluding carboxylic acids is 2. The fourth-order valence-electron chi connectivity index (χ4n) is 4.53. The second-order valence-electron chi connectivity index (χ2n) is 9.04. The Bertz CT molecular complexity index is 1120. The molecule has 2 atom stereocenters. The Morgan fingerprint density at radius 1 is 1.03 bits per heavy atom. The molecule has 0 bridgehead atoms. The molecule has 36 heavy (non-hydrogen) atoms. The van der Waals surface area contributed by atoms with E-state index in [1.54, 1.807) is 18.2 Å². The summed E-state index contributed by atoms with van der Waals surface area (Å²) in [5, 5.41) is 2.05. The lowest BCUT2D eigenvalue weighted by molar-refractivity contribution is -0.135. The standard InChI is InChI=1S/C30H34N2O4/c1-2-26-15-9-10-19-32(26)31-30(34)29(25-13-7-4-8-14-25)36-28-21-24(22-33)16-17-27(28)35-20-18-23-11-5-3-6-12-23/h3-8,11-14,16-17,21-22,26,29H,2,9-10,15,18-20H2,1H3,(H,31,34). The van der Waals surface area contributed by atoms with Gasteiger partial charge in [-0.2, -0.15) is 0 Å². The molecule has 3 aromatic rings. The van der Waals surface area contributed by atoms with Gasteiger partial charge in [0.25, 0.3) is 5.91 Å². The predicted molar refractivity (Wildman–Crippen MR) is 140 cm³/mol. The van der Waals surface area contributed by atoms with E-state index in [1.165, 1.54) is 6.42 Å². The molecular weight excluding hydrogens is 452 g/mol. The Morgan fingerprint density at radius 3 is 2.50 bits per heavy atom. The summed E-state index contributed by atoms with van der Waals surface area (Å²) in [5.74, 6) is 0.616. The zero-order chi connectivity index (χ0) is 25.2. The summed E-state index contributed by atoms with van der Waals surface area (Å²) in [7, 11) is 0. The molecule has 0 radical (unpaired) electrons. The Morgan fingerprint density at radius 2 is 1.78 bits per heavy atom. The zero-order valence-electron chi connectivity index (χ0n) is 20.8. The van der Waals surface area contributed by atoms with E-state index in [4.69, 9.17) is 9.47 Å². The van der Waals surface area contributed by atoms with Crippen LogP contribution in [0.15, 0.2) is 78.9 Å². The van der Waals surface area contributed by atoms with Gasteiger partial charge in [0, 0.05) is 30.1 Å². The van der Waals surface area contributed by atoms with Crippen molar-refractivity contribution in [1.82, 2.24) is 10.4 Å². The van der Waals surface area contributed by atoms with Crippen LogP contribution in [0.5, 0.6) is 11.5 Å². The van der Waals surface area contributed by atoms with Gasteiger partial charge in [-0.15, -0.1) is 0 Å². The molecule has 1 aliphatic heterocycles. The highest BCUT2D eigenvalue weighted by Crippen LogP contribution is 2.33. The van der Waals surface area contributed by atoms with E-state index in [2.05, 4.69) is 24.5 Å². The summed E-state index contributed by atoms with van der Waals surface area (Å²) >= 11 is 0. The van der Waals surface area contributed by atoms with Gasteiger partial charge in [0.15, 0.2) is 11.5 Å². The van der Waals surface area contributed by atoms with E-state index < -0.39 is 6.10 Å². The maximum atomic E-state index is 13.6. The van der Waals surface area contributed by atoms with Crippen molar-refractivity contribution >= 4 is 12.2 Å². The highest BCUT2D eigenvalue weighted by molar-refractivity contribution is 5.82. The molecule has 1 aliphatic rings. The van der Waals surface area contributed by atoms with E-state index >= 15 is 0 Å². The first-order valence-corrected chi connectivity index (χ1v) is 12.7. The van der Waals surface area contributed by atoms with Crippen molar-refractivity contribution in [3.8, 4) is 11.5 Å². The number of piperidine rings is 1. The molecule has 0 spiro atoms. The lowest BCUT2D eigenvalue weighted by Crippen LogP contribution is -2.52. The van der Waals surface area contributed by atoms with Crippen LogP contribution in [-0.2, 0) is 11.2 Å². The molecule has 2 unspecified atom stereocenters. The number of hydrogen-bond donors (Lipinski definition) is 1. The van der Waals surface area contributed by atoms with Crippen LogP contribution in [0.3, 0.4) is 0 Å². The highest BCUT2D eigenvalue weighted by Gasteiger charge is 2.29. The average molecular weight is 487 g/mol. The van der Waals surface area contributed by atoms with E-state index in [0.717, 1.165) is 49.6 Å². The van der Waals surface area contributed by atoms with Crippen LogP contribution in [0.1, 0.15) is 60.2 Å². The third-order valence-corrected chi connectivity index (χ3v) is 6.53. The number of carbonyl (C=O) groups is 2. The Hall–Kier alpha value is -3.64. The second-order valence-corrected chi connectivity index (χ2v) is 9.04. The number of aldehydes is 1. The lowest BCUT2D eigenvalue weighted by Gasteiger charge is -2.36. The zero-order valence-corrected chi connectivity index (χ0v) is 20.8. The largest absolute Gasteiger partial charge is 0.489 e. The SMILES string of the molecule is CCC1CCCCN1NC(=O)C(Oc1cc(C=O)ccc1OCCc1ccccc1)c1ccccc1. The van der Waals surface area contributed by atoms with Gasteiger partial charge < -0.3 is 9.47 Å². The van der Waals surface area contributed by atoms with Crippen molar-refractivity contribution in [2.45, 2.75) is 51.2 Å². The van der Waals surface area contributed by atoms with Crippen LogP contribution in [0.4, 0.5) is 0 Å². The van der Waals surface area contributed by atoms with Gasteiger partial charge in [-0.3, -0.25) is 15.0 Å². The van der Waals surface area contributed by atoms with E-state index in [0.29, 0.717) is 29.7 Å². The van der Waals surface area contributed by atoms with Crippen molar-refractivity contribution in [3.05, 3.63) is 95.6 Å². The molecule has 1 N–H and O–H groups in total. The molecule has 3 aromatic carbocycles. The number of benzene rings is 3. The molecule has 6 heteroatoms. The summed E-state index contributed by atoms with van der Waals surface area (Å²) < 4.78 is 12.4. The molecule has 6 nitrogen and oxygen atoms in total. The van der Waals surface area contributed by atoms with Crippen molar-refractivity contribution in [2.75, 3.05) is 13.2 Å². The first kappa shape index (κ1) is 25.5. The van der Waals surface area contributed by atoms with Crippen molar-refractivity contribution in [2.24, 2.45) is 0 Å². The number of amides is 1. The van der Waals surface area contributed by atoms with E-state index in [1.807, 2.05) is 53.5 Å². The number of ether oxygens (including phenoxy) is 2. The minimum atomic E-state index is -0.899. The highest BCUT2D eigenvalue weighted by atomic mass is 16.5. The number of rotatable bonds is 11. The summed E-state index contributed by atoms with van der Waals surface area (Å²) in [5.41, 5.74) is 5.46. The van der Waals surface area contributed by atoms with Crippen molar-refractivity contribution < 1.29 is 19.1 Å². The van der Waals surface area contributed by atoms with Gasteiger partial charge in [-0.05, 0) is 43.0 Å². The summed E-state index contributed by atoms with van der Waals surface area (Å²) in [4.78, 5) is 25.1. The number of nitrogens with zero attached hydrogens (tertiary/aromatic N) is 1. The Balaban J connectivity index is 1.55. The molecule has 0 saturated carbocycles. The summed E-state index contributed by atoms with van der Waals surface area (Å²) in [6.07, 6.45) is 4.85. The molecule has 1 heterocycles. The molecule has 1 fully saturated rings. The van der Waals surface area contributed by atoms with Gasteiger partial charge in [0.1, 0.15) is 6.29 Å². The molecule has 1 saturated heterocycles. The van der Waals surface area contributed by atoms with Crippen LogP contribution < -0.4 is 14.9 Å². The molecule has 1 amide bonds. The van der Waals surface area contributed by atoms with Crippen LogP contribution in [0.25, 0.3) is 0 Å². The Kier molecular flexibility index (Phi) is 9.11. The number of nitrogens with one attached hydrogen (secondary N) is 1.